The number of hydrogen-bond donors (Lipinski definition) is 0. The summed E-state index contributed by atoms with van der Waals surface area (Å²) in [5.41, 5.74) is 0. The number of unbranched alkanes of at least 4 members (excludes halogenated alkanes) is 6. The summed E-state index contributed by atoms with van der Waals surface area (Å²) in [4.78, 5) is 10.9. The van der Waals surface area contributed by atoms with Crippen molar-refractivity contribution in [1.82, 2.24) is 0 Å². The molecular formula is C27H51ClO2Si. The third-order valence-corrected chi connectivity index (χ3v) is 12.8. The maximum atomic E-state index is 10.9. The Bertz CT molecular complexity index is 495. The van der Waals surface area contributed by atoms with Gasteiger partial charge in [-0.2, -0.15) is 0 Å². The van der Waals surface area contributed by atoms with Crippen LogP contribution in [0.25, 0.3) is 0 Å². The number of allylic oxidation sites excluding steroid dienone is 2. The first-order valence-electron chi connectivity index (χ1n) is 13.4. The van der Waals surface area contributed by atoms with E-state index in [1.807, 2.05) is 0 Å². The zero-order chi connectivity index (χ0) is 23.1. The SMILES string of the molecule is CCCCCCCC[C@@H]1[C@@H](C/C=C\CCCC(=O)Cl)[C@@H](C)C[C@H]1O[Si](CC)(CC)CC. The van der Waals surface area contributed by atoms with Gasteiger partial charge in [0.15, 0.2) is 8.32 Å². The first-order valence-corrected chi connectivity index (χ1v) is 16.3. The normalized spacial score (nSPS) is 24.3. The molecule has 0 radical (unpaired) electrons. The third kappa shape index (κ3) is 10.6. The molecule has 1 aliphatic carbocycles. The van der Waals surface area contributed by atoms with Crippen LogP contribution in [0.4, 0.5) is 0 Å². The van der Waals surface area contributed by atoms with Crippen molar-refractivity contribution in [2.45, 2.75) is 136 Å². The van der Waals surface area contributed by atoms with Gasteiger partial charge in [-0.15, -0.1) is 0 Å². The van der Waals surface area contributed by atoms with Gasteiger partial charge in [0, 0.05) is 12.5 Å². The number of hydrogen-bond acceptors (Lipinski definition) is 2. The number of rotatable bonds is 18. The molecule has 0 N–H and O–H groups in total. The van der Waals surface area contributed by atoms with Gasteiger partial charge in [0.2, 0.25) is 5.24 Å². The Balaban J connectivity index is 2.72. The fourth-order valence-corrected chi connectivity index (χ4v) is 8.61. The molecule has 1 fully saturated rings. The van der Waals surface area contributed by atoms with E-state index in [4.69, 9.17) is 16.0 Å². The topological polar surface area (TPSA) is 26.3 Å². The molecule has 0 aromatic carbocycles. The van der Waals surface area contributed by atoms with Crippen LogP contribution in [0.1, 0.15) is 112 Å². The second-order valence-electron chi connectivity index (χ2n) is 9.95. The van der Waals surface area contributed by atoms with Crippen LogP contribution >= 0.6 is 11.6 Å². The van der Waals surface area contributed by atoms with Crippen molar-refractivity contribution in [2.75, 3.05) is 0 Å². The van der Waals surface area contributed by atoms with Gasteiger partial charge < -0.3 is 4.43 Å². The lowest BCUT2D eigenvalue weighted by atomic mass is 9.83. The molecule has 182 valence electrons. The standard InChI is InChI=1S/C27H51ClO2Si/c1-6-10-11-12-13-17-20-25-24(19-16-14-15-18-21-27(28)29)23(5)22-26(25)30-31(7-2,8-3)9-4/h14,16,23-26H,6-13,15,17-22H2,1-5H3/b16-14-/t23-,24-,25+,26+/m0/s1. The smallest absolute Gasteiger partial charge is 0.221 e. The number of carbonyl (C=O) groups excluding carboxylic acids is 1. The lowest BCUT2D eigenvalue weighted by molar-refractivity contribution is -0.111. The van der Waals surface area contributed by atoms with Gasteiger partial charge in [0.25, 0.3) is 0 Å². The third-order valence-electron chi connectivity index (χ3n) is 7.91. The van der Waals surface area contributed by atoms with Crippen LogP contribution in [-0.4, -0.2) is 19.7 Å². The van der Waals surface area contributed by atoms with Crippen LogP contribution < -0.4 is 0 Å². The molecule has 0 heterocycles. The van der Waals surface area contributed by atoms with Crippen molar-refractivity contribution in [3.05, 3.63) is 12.2 Å². The quantitative estimate of drug-likeness (QED) is 0.0862. The van der Waals surface area contributed by atoms with Crippen LogP contribution in [0.15, 0.2) is 12.2 Å². The summed E-state index contributed by atoms with van der Waals surface area (Å²) in [6, 6.07) is 3.75. The summed E-state index contributed by atoms with van der Waals surface area (Å²) in [5.74, 6) is 2.19. The minimum absolute atomic E-state index is 0.216. The lowest BCUT2D eigenvalue weighted by Gasteiger charge is -2.35. The molecule has 1 saturated carbocycles. The molecule has 0 aromatic heterocycles. The second kappa shape index (κ2) is 16.5. The molecule has 0 bridgehead atoms. The summed E-state index contributed by atoms with van der Waals surface area (Å²) in [7, 11) is -1.57. The molecule has 4 atom stereocenters. The fraction of sp³-hybridized carbons (Fsp3) is 0.889. The van der Waals surface area contributed by atoms with Crippen molar-refractivity contribution in [3.8, 4) is 0 Å². The molecule has 0 saturated heterocycles. The fourth-order valence-electron chi connectivity index (χ4n) is 5.57. The molecule has 31 heavy (non-hydrogen) atoms. The van der Waals surface area contributed by atoms with Crippen LogP contribution in [-0.2, 0) is 9.22 Å². The van der Waals surface area contributed by atoms with Crippen molar-refractivity contribution in [3.63, 3.8) is 0 Å². The molecule has 2 nitrogen and oxygen atoms in total. The van der Waals surface area contributed by atoms with Gasteiger partial charge in [-0.3, -0.25) is 4.79 Å². The Hall–Kier alpha value is -0.123. The molecule has 1 aliphatic rings. The van der Waals surface area contributed by atoms with Gasteiger partial charge in [-0.1, -0.05) is 85.3 Å². The maximum absolute atomic E-state index is 10.9. The summed E-state index contributed by atoms with van der Waals surface area (Å²) in [6.07, 6.45) is 19.4. The summed E-state index contributed by atoms with van der Waals surface area (Å²) < 4.78 is 7.09. The maximum Gasteiger partial charge on any atom is 0.221 e. The van der Waals surface area contributed by atoms with E-state index in [1.165, 1.54) is 69.5 Å². The predicted octanol–water partition coefficient (Wildman–Crippen LogP) is 9.28. The molecular weight excluding hydrogens is 420 g/mol. The van der Waals surface area contributed by atoms with E-state index >= 15 is 0 Å². The van der Waals surface area contributed by atoms with Crippen LogP contribution in [0, 0.1) is 17.8 Å². The number of carbonyl (C=O) groups is 1. The molecule has 0 aliphatic heterocycles. The monoisotopic (exact) mass is 470 g/mol. The first kappa shape index (κ1) is 28.9. The van der Waals surface area contributed by atoms with E-state index in [9.17, 15) is 4.79 Å². The van der Waals surface area contributed by atoms with Gasteiger partial charge >= 0.3 is 0 Å². The molecule has 4 heteroatoms. The first-order chi connectivity index (χ1) is 14.9. The minimum atomic E-state index is -1.57. The van der Waals surface area contributed by atoms with Crippen molar-refractivity contribution in [1.29, 1.82) is 0 Å². The van der Waals surface area contributed by atoms with E-state index in [0.29, 0.717) is 18.4 Å². The van der Waals surface area contributed by atoms with Crippen molar-refractivity contribution in [2.24, 2.45) is 17.8 Å². The van der Waals surface area contributed by atoms with Crippen molar-refractivity contribution >= 4 is 25.2 Å². The summed E-state index contributed by atoms with van der Waals surface area (Å²) >= 11 is 5.45. The molecule has 0 aromatic rings. The Kier molecular flexibility index (Phi) is 15.4. The Morgan fingerprint density at radius 1 is 0.935 bits per heavy atom. The molecule has 0 unspecified atom stereocenters. The molecule has 0 spiro atoms. The van der Waals surface area contributed by atoms with E-state index in [1.54, 1.807) is 0 Å². The van der Waals surface area contributed by atoms with Gasteiger partial charge in [0.05, 0.1) is 0 Å². The zero-order valence-electron chi connectivity index (χ0n) is 21.3. The molecule has 1 rings (SSSR count). The van der Waals surface area contributed by atoms with Crippen LogP contribution in [0.2, 0.25) is 18.1 Å². The zero-order valence-corrected chi connectivity index (χ0v) is 23.0. The van der Waals surface area contributed by atoms with E-state index in [2.05, 4.69) is 46.8 Å². The van der Waals surface area contributed by atoms with Gasteiger partial charge in [-0.25, -0.2) is 0 Å². The van der Waals surface area contributed by atoms with Gasteiger partial charge in [0.1, 0.15) is 0 Å². The largest absolute Gasteiger partial charge is 0.414 e. The highest BCUT2D eigenvalue weighted by Crippen LogP contribution is 2.45. The Morgan fingerprint density at radius 3 is 2.19 bits per heavy atom. The Morgan fingerprint density at radius 2 is 1.58 bits per heavy atom. The second-order valence-corrected chi connectivity index (χ2v) is 15.1. The highest BCUT2D eigenvalue weighted by Gasteiger charge is 2.44. The number of halogens is 1. The average Bonchev–Trinajstić information content (AvgIpc) is 3.05. The van der Waals surface area contributed by atoms with E-state index in [0.717, 1.165) is 31.1 Å². The molecule has 0 amide bonds. The average molecular weight is 471 g/mol. The van der Waals surface area contributed by atoms with Crippen LogP contribution in [0.5, 0.6) is 0 Å². The van der Waals surface area contributed by atoms with E-state index < -0.39 is 8.32 Å². The minimum Gasteiger partial charge on any atom is -0.414 e. The van der Waals surface area contributed by atoms with E-state index in [-0.39, 0.29) is 5.24 Å². The van der Waals surface area contributed by atoms with Crippen molar-refractivity contribution < 1.29 is 9.22 Å². The summed E-state index contributed by atoms with van der Waals surface area (Å²) in [6.45, 7) is 11.8. The lowest BCUT2D eigenvalue weighted by Crippen LogP contribution is -2.41. The Labute approximate surface area is 200 Å². The predicted molar refractivity (Wildman–Crippen MR) is 139 cm³/mol. The highest BCUT2D eigenvalue weighted by atomic mass is 35.5. The summed E-state index contributed by atoms with van der Waals surface area (Å²) in [5, 5.41) is -0.216. The van der Waals surface area contributed by atoms with Gasteiger partial charge in [-0.05, 0) is 79.6 Å². The van der Waals surface area contributed by atoms with Crippen LogP contribution in [0.3, 0.4) is 0 Å². The highest BCUT2D eigenvalue weighted by molar-refractivity contribution is 6.73.